The van der Waals surface area contributed by atoms with Crippen LogP contribution in [0.15, 0.2) is 24.3 Å². The summed E-state index contributed by atoms with van der Waals surface area (Å²) in [5, 5.41) is 5.37. The van der Waals surface area contributed by atoms with Crippen molar-refractivity contribution in [2.75, 3.05) is 6.54 Å². The summed E-state index contributed by atoms with van der Waals surface area (Å²) in [6, 6.07) is 7.34. The van der Waals surface area contributed by atoms with Crippen molar-refractivity contribution in [2.45, 2.75) is 59.2 Å². The first-order valence-corrected chi connectivity index (χ1v) is 8.86. The molecule has 2 aromatic rings. The van der Waals surface area contributed by atoms with Gasteiger partial charge in [-0.25, -0.2) is 9.78 Å². The van der Waals surface area contributed by atoms with Crippen molar-refractivity contribution < 1.29 is 14.3 Å². The van der Waals surface area contributed by atoms with Crippen molar-refractivity contribution in [2.24, 2.45) is 0 Å². The third-order valence-electron chi connectivity index (χ3n) is 3.83. The summed E-state index contributed by atoms with van der Waals surface area (Å²) in [5.41, 5.74) is 1.48. The summed E-state index contributed by atoms with van der Waals surface area (Å²) in [6.07, 6.45) is 0.173. The Morgan fingerprint density at radius 2 is 1.96 bits per heavy atom. The predicted octanol–water partition coefficient (Wildman–Crippen LogP) is 2.76. The van der Waals surface area contributed by atoms with Crippen molar-refractivity contribution in [3.8, 4) is 0 Å². The Labute approximate surface area is 154 Å². The van der Waals surface area contributed by atoms with Gasteiger partial charge in [-0.1, -0.05) is 12.1 Å². The fourth-order valence-electron chi connectivity index (χ4n) is 2.63. The molecule has 0 spiro atoms. The minimum Gasteiger partial charge on any atom is -0.444 e. The van der Waals surface area contributed by atoms with Gasteiger partial charge in [-0.15, -0.1) is 0 Å². The molecule has 1 unspecified atom stereocenters. The summed E-state index contributed by atoms with van der Waals surface area (Å²) in [7, 11) is 0. The maximum atomic E-state index is 12.1. The van der Waals surface area contributed by atoms with Gasteiger partial charge in [-0.2, -0.15) is 0 Å². The predicted molar refractivity (Wildman–Crippen MR) is 101 cm³/mol. The van der Waals surface area contributed by atoms with E-state index in [0.29, 0.717) is 6.54 Å². The molecule has 1 aromatic heterocycles. The quantitative estimate of drug-likeness (QED) is 0.776. The van der Waals surface area contributed by atoms with Gasteiger partial charge in [0.2, 0.25) is 5.91 Å². The van der Waals surface area contributed by atoms with Crippen LogP contribution in [0.25, 0.3) is 11.0 Å². The molecule has 7 heteroatoms. The SMILES string of the molecule is Cc1nc2ccccc2n1CCCNC(=O)C(C)NC(=O)OC(C)(C)C. The lowest BCUT2D eigenvalue weighted by atomic mass is 10.2. The Kier molecular flexibility index (Phi) is 6.23. The number of rotatable bonds is 6. The van der Waals surface area contributed by atoms with E-state index in [1.807, 2.05) is 31.2 Å². The molecule has 0 aliphatic carbocycles. The average molecular weight is 360 g/mol. The molecule has 7 nitrogen and oxygen atoms in total. The summed E-state index contributed by atoms with van der Waals surface area (Å²) in [4.78, 5) is 28.3. The van der Waals surface area contributed by atoms with Crippen LogP contribution in [0.4, 0.5) is 4.79 Å². The number of carbonyl (C=O) groups excluding carboxylic acids is 2. The number of hydrogen-bond acceptors (Lipinski definition) is 4. The lowest BCUT2D eigenvalue weighted by molar-refractivity contribution is -0.122. The summed E-state index contributed by atoms with van der Waals surface area (Å²) in [5.74, 6) is 0.723. The van der Waals surface area contributed by atoms with Gasteiger partial charge < -0.3 is 19.9 Å². The molecular weight excluding hydrogens is 332 g/mol. The second kappa shape index (κ2) is 8.21. The number of nitrogens with one attached hydrogen (secondary N) is 2. The van der Waals surface area contributed by atoms with Crippen molar-refractivity contribution in [3.05, 3.63) is 30.1 Å². The molecule has 142 valence electrons. The van der Waals surface area contributed by atoms with Gasteiger partial charge >= 0.3 is 6.09 Å². The molecule has 0 fully saturated rings. The largest absolute Gasteiger partial charge is 0.444 e. The minimum atomic E-state index is -0.652. The van der Waals surface area contributed by atoms with E-state index >= 15 is 0 Å². The number of aromatic nitrogens is 2. The summed E-state index contributed by atoms with van der Waals surface area (Å²) < 4.78 is 7.29. The van der Waals surface area contributed by atoms with Crippen LogP contribution < -0.4 is 10.6 Å². The van der Waals surface area contributed by atoms with E-state index < -0.39 is 17.7 Å². The van der Waals surface area contributed by atoms with Gasteiger partial charge in [0.1, 0.15) is 17.5 Å². The number of hydrogen-bond donors (Lipinski definition) is 2. The molecule has 1 atom stereocenters. The van der Waals surface area contributed by atoms with Gasteiger partial charge in [0.15, 0.2) is 0 Å². The van der Waals surface area contributed by atoms with Crippen LogP contribution in [0.1, 0.15) is 39.9 Å². The van der Waals surface area contributed by atoms with E-state index in [2.05, 4.69) is 20.2 Å². The Morgan fingerprint density at radius 1 is 1.27 bits per heavy atom. The maximum absolute atomic E-state index is 12.1. The van der Waals surface area contributed by atoms with E-state index in [-0.39, 0.29) is 5.91 Å². The fourth-order valence-corrected chi connectivity index (χ4v) is 2.63. The van der Waals surface area contributed by atoms with Crippen LogP contribution in [0, 0.1) is 6.92 Å². The van der Waals surface area contributed by atoms with E-state index in [9.17, 15) is 9.59 Å². The molecule has 0 saturated heterocycles. The lowest BCUT2D eigenvalue weighted by Crippen LogP contribution is -2.46. The minimum absolute atomic E-state index is 0.233. The van der Waals surface area contributed by atoms with E-state index in [0.717, 1.165) is 29.8 Å². The third-order valence-corrected chi connectivity index (χ3v) is 3.83. The van der Waals surface area contributed by atoms with Crippen molar-refractivity contribution in [1.29, 1.82) is 0 Å². The highest BCUT2D eigenvalue weighted by Gasteiger charge is 2.20. The van der Waals surface area contributed by atoms with Crippen molar-refractivity contribution in [3.63, 3.8) is 0 Å². The molecule has 2 N–H and O–H groups in total. The monoisotopic (exact) mass is 360 g/mol. The number of fused-ring (bicyclic) bond motifs is 1. The lowest BCUT2D eigenvalue weighted by Gasteiger charge is -2.21. The topological polar surface area (TPSA) is 85.3 Å². The number of imidazole rings is 1. The number of para-hydroxylation sites is 2. The van der Waals surface area contributed by atoms with Crippen molar-refractivity contribution >= 4 is 23.0 Å². The number of benzene rings is 1. The molecule has 0 radical (unpaired) electrons. The van der Waals surface area contributed by atoms with E-state index in [4.69, 9.17) is 4.74 Å². The second-order valence-electron chi connectivity index (χ2n) is 7.31. The van der Waals surface area contributed by atoms with E-state index in [1.54, 1.807) is 27.7 Å². The molecule has 26 heavy (non-hydrogen) atoms. The number of alkyl carbamates (subject to hydrolysis) is 1. The second-order valence-corrected chi connectivity index (χ2v) is 7.31. The molecule has 1 heterocycles. The van der Waals surface area contributed by atoms with Gasteiger partial charge in [0, 0.05) is 13.1 Å². The van der Waals surface area contributed by atoms with Crippen LogP contribution in [0.3, 0.4) is 0 Å². The first-order chi connectivity index (χ1) is 12.2. The number of aryl methyl sites for hydroxylation is 2. The van der Waals surface area contributed by atoms with Crippen LogP contribution in [0.2, 0.25) is 0 Å². The van der Waals surface area contributed by atoms with Gasteiger partial charge in [0.25, 0.3) is 0 Å². The fraction of sp³-hybridized carbons (Fsp3) is 0.526. The number of carbonyl (C=O) groups is 2. The molecule has 0 aliphatic heterocycles. The first-order valence-electron chi connectivity index (χ1n) is 8.86. The highest BCUT2D eigenvalue weighted by Crippen LogP contribution is 2.15. The Hall–Kier alpha value is -2.57. The summed E-state index contributed by atoms with van der Waals surface area (Å²) >= 11 is 0. The van der Waals surface area contributed by atoms with Gasteiger partial charge in [0.05, 0.1) is 11.0 Å². The summed E-state index contributed by atoms with van der Waals surface area (Å²) in [6.45, 7) is 10.2. The average Bonchev–Trinajstić information content (AvgIpc) is 2.84. The highest BCUT2D eigenvalue weighted by molar-refractivity contribution is 5.85. The number of amides is 2. The van der Waals surface area contributed by atoms with Crippen molar-refractivity contribution in [1.82, 2.24) is 20.2 Å². The van der Waals surface area contributed by atoms with Crippen LogP contribution >= 0.6 is 0 Å². The van der Waals surface area contributed by atoms with Crippen LogP contribution in [-0.2, 0) is 16.1 Å². The molecule has 1 aromatic carbocycles. The number of nitrogens with zero attached hydrogens (tertiary/aromatic N) is 2. The number of ether oxygens (including phenoxy) is 1. The molecular formula is C19H28N4O3. The first kappa shape index (κ1) is 19.8. The molecule has 0 saturated carbocycles. The van der Waals surface area contributed by atoms with Crippen LogP contribution in [0.5, 0.6) is 0 Å². The molecule has 0 bridgehead atoms. The van der Waals surface area contributed by atoms with Gasteiger partial charge in [-0.05, 0) is 53.2 Å². The zero-order chi connectivity index (χ0) is 19.3. The van der Waals surface area contributed by atoms with Crippen LogP contribution in [-0.4, -0.2) is 39.7 Å². The highest BCUT2D eigenvalue weighted by atomic mass is 16.6. The van der Waals surface area contributed by atoms with E-state index in [1.165, 1.54) is 0 Å². The molecule has 0 aliphatic rings. The smallest absolute Gasteiger partial charge is 0.408 e. The Bertz CT molecular complexity index is 777. The normalized spacial score (nSPS) is 12.7. The standard InChI is InChI=1S/C19H28N4O3/c1-13(21-18(25)26-19(3,4)5)17(24)20-11-8-12-23-14(2)22-15-9-6-7-10-16(15)23/h6-7,9-10,13H,8,11-12H2,1-5H3,(H,20,24)(H,21,25). The Balaban J connectivity index is 1.77. The zero-order valence-corrected chi connectivity index (χ0v) is 16.1. The molecule has 2 amide bonds. The van der Waals surface area contributed by atoms with Gasteiger partial charge in [-0.3, -0.25) is 4.79 Å². The zero-order valence-electron chi connectivity index (χ0n) is 16.1. The maximum Gasteiger partial charge on any atom is 0.408 e. The Morgan fingerprint density at radius 3 is 2.65 bits per heavy atom. The molecule has 2 rings (SSSR count). The third kappa shape index (κ3) is 5.47.